The third-order valence-corrected chi connectivity index (χ3v) is 4.23. The van der Waals surface area contributed by atoms with Crippen molar-refractivity contribution in [2.75, 3.05) is 10.2 Å². The number of carbonyl (C=O) groups excluding carboxylic acids is 1. The molecule has 0 saturated heterocycles. The monoisotopic (exact) mass is 385 g/mol. The Bertz CT molecular complexity index is 992. The minimum Gasteiger partial charge on any atom is -0.406 e. The second kappa shape index (κ2) is 6.88. The third-order valence-electron chi connectivity index (χ3n) is 4.23. The van der Waals surface area contributed by atoms with E-state index in [1.807, 2.05) is 18.2 Å². The molecule has 142 valence electrons. The van der Waals surface area contributed by atoms with Gasteiger partial charge in [-0.2, -0.15) is 0 Å². The van der Waals surface area contributed by atoms with Crippen LogP contribution in [0.1, 0.15) is 22.2 Å². The summed E-state index contributed by atoms with van der Waals surface area (Å²) in [5.41, 5.74) is 2.22. The molecule has 1 aliphatic rings. The highest BCUT2D eigenvalue weighted by atomic mass is 19.4. The molecule has 0 spiro atoms. The topological polar surface area (TPSA) is 54.5 Å². The van der Waals surface area contributed by atoms with Crippen molar-refractivity contribution in [1.82, 2.24) is 4.98 Å². The number of carbonyl (C=O) groups is 1. The van der Waals surface area contributed by atoms with Crippen molar-refractivity contribution in [3.63, 3.8) is 0 Å². The Morgan fingerprint density at radius 2 is 1.68 bits per heavy atom. The average Bonchev–Trinajstić information content (AvgIpc) is 2.95. The predicted octanol–water partition coefficient (Wildman–Crippen LogP) is 4.75. The molecule has 0 fully saturated rings. The van der Waals surface area contributed by atoms with Crippen molar-refractivity contribution in [1.29, 1.82) is 0 Å². The van der Waals surface area contributed by atoms with E-state index in [1.165, 1.54) is 24.3 Å². The molecular formula is C20H14F3N3O2. The quantitative estimate of drug-likeness (QED) is 0.704. The van der Waals surface area contributed by atoms with E-state index >= 15 is 0 Å². The van der Waals surface area contributed by atoms with Crippen LogP contribution in [0.15, 0.2) is 72.9 Å². The average molecular weight is 385 g/mol. The van der Waals surface area contributed by atoms with E-state index in [9.17, 15) is 18.0 Å². The van der Waals surface area contributed by atoms with Crippen LogP contribution in [0.25, 0.3) is 0 Å². The number of nitrogens with one attached hydrogen (secondary N) is 1. The highest BCUT2D eigenvalue weighted by molar-refractivity contribution is 6.11. The van der Waals surface area contributed by atoms with E-state index in [1.54, 1.807) is 35.4 Å². The predicted molar refractivity (Wildman–Crippen MR) is 97.0 cm³/mol. The number of rotatable bonds is 4. The summed E-state index contributed by atoms with van der Waals surface area (Å²) in [5, 5.41) is 3.17. The molecule has 1 N–H and O–H groups in total. The van der Waals surface area contributed by atoms with E-state index in [0.29, 0.717) is 22.6 Å². The van der Waals surface area contributed by atoms with Gasteiger partial charge in [0.05, 0.1) is 11.3 Å². The maximum atomic E-state index is 12.9. The van der Waals surface area contributed by atoms with Crippen LogP contribution >= 0.6 is 0 Å². The lowest BCUT2D eigenvalue weighted by molar-refractivity contribution is -0.274. The van der Waals surface area contributed by atoms with Gasteiger partial charge in [-0.1, -0.05) is 18.2 Å². The Morgan fingerprint density at radius 1 is 0.964 bits per heavy atom. The summed E-state index contributed by atoms with van der Waals surface area (Å²) in [5.74, 6) is -0.525. The molecule has 1 unspecified atom stereocenters. The minimum absolute atomic E-state index is 0.205. The number of fused-ring (bicyclic) bond motifs is 1. The van der Waals surface area contributed by atoms with Crippen molar-refractivity contribution in [3.8, 4) is 5.75 Å². The number of hydrogen-bond donors (Lipinski definition) is 1. The van der Waals surface area contributed by atoms with Crippen LogP contribution in [0, 0.1) is 0 Å². The van der Waals surface area contributed by atoms with E-state index < -0.39 is 12.5 Å². The summed E-state index contributed by atoms with van der Waals surface area (Å²) >= 11 is 0. The second-order valence-corrected chi connectivity index (χ2v) is 6.07. The molecule has 5 nitrogen and oxygen atoms in total. The smallest absolute Gasteiger partial charge is 0.406 e. The SMILES string of the molecule is O=C1c2cccnc2C(Nc2ccc(OC(F)(F)F)cc2)N1c1ccccc1. The van der Waals surface area contributed by atoms with Crippen LogP contribution in [0.2, 0.25) is 0 Å². The number of aromatic nitrogens is 1. The maximum absolute atomic E-state index is 12.9. The molecule has 2 aromatic carbocycles. The zero-order chi connectivity index (χ0) is 19.7. The Balaban J connectivity index is 1.65. The number of benzene rings is 2. The number of hydrogen-bond acceptors (Lipinski definition) is 4. The van der Waals surface area contributed by atoms with Crippen molar-refractivity contribution >= 4 is 17.3 Å². The maximum Gasteiger partial charge on any atom is 0.573 e. The molecule has 0 saturated carbocycles. The van der Waals surface area contributed by atoms with Gasteiger partial charge in [-0.15, -0.1) is 13.2 Å². The fourth-order valence-corrected chi connectivity index (χ4v) is 3.08. The fraction of sp³-hybridized carbons (Fsp3) is 0.100. The van der Waals surface area contributed by atoms with Gasteiger partial charge in [-0.25, -0.2) is 0 Å². The van der Waals surface area contributed by atoms with E-state index in [4.69, 9.17) is 0 Å². The summed E-state index contributed by atoms with van der Waals surface area (Å²) in [6.07, 6.45) is -3.75. The van der Waals surface area contributed by atoms with Crippen LogP contribution in [0.5, 0.6) is 5.75 Å². The molecule has 0 bridgehead atoms. The molecule has 3 aromatic rings. The van der Waals surface area contributed by atoms with Gasteiger partial charge in [0, 0.05) is 17.6 Å². The van der Waals surface area contributed by atoms with Gasteiger partial charge < -0.3 is 10.1 Å². The highest BCUT2D eigenvalue weighted by Crippen LogP contribution is 2.37. The van der Waals surface area contributed by atoms with Gasteiger partial charge >= 0.3 is 6.36 Å². The van der Waals surface area contributed by atoms with Gasteiger partial charge in [-0.3, -0.25) is 14.7 Å². The lowest BCUT2D eigenvalue weighted by atomic mass is 10.2. The highest BCUT2D eigenvalue weighted by Gasteiger charge is 2.39. The molecule has 2 heterocycles. The Labute approximate surface area is 158 Å². The fourth-order valence-electron chi connectivity index (χ4n) is 3.08. The molecule has 1 atom stereocenters. The number of para-hydroxylation sites is 1. The van der Waals surface area contributed by atoms with Gasteiger partial charge in [0.1, 0.15) is 5.75 Å². The molecule has 1 aromatic heterocycles. The van der Waals surface area contributed by atoms with Crippen LogP contribution in [-0.2, 0) is 0 Å². The molecule has 4 rings (SSSR count). The van der Waals surface area contributed by atoms with Crippen molar-refractivity contribution in [2.24, 2.45) is 0 Å². The van der Waals surface area contributed by atoms with Gasteiger partial charge in [0.2, 0.25) is 0 Å². The summed E-state index contributed by atoms with van der Waals surface area (Å²) in [4.78, 5) is 18.8. The van der Waals surface area contributed by atoms with Crippen LogP contribution in [0.3, 0.4) is 0 Å². The van der Waals surface area contributed by atoms with Crippen LogP contribution < -0.4 is 15.0 Å². The number of ether oxygens (including phenoxy) is 1. The number of pyridine rings is 1. The van der Waals surface area contributed by atoms with E-state index in [0.717, 1.165) is 0 Å². The molecule has 8 heteroatoms. The molecule has 28 heavy (non-hydrogen) atoms. The largest absolute Gasteiger partial charge is 0.573 e. The van der Waals surface area contributed by atoms with E-state index in [2.05, 4.69) is 15.0 Å². The van der Waals surface area contributed by atoms with Gasteiger partial charge in [0.25, 0.3) is 5.91 Å². The molecule has 0 aliphatic carbocycles. The first kappa shape index (κ1) is 17.8. The molecule has 0 radical (unpaired) electrons. The second-order valence-electron chi connectivity index (χ2n) is 6.07. The van der Waals surface area contributed by atoms with Crippen LogP contribution in [0.4, 0.5) is 24.5 Å². The van der Waals surface area contributed by atoms with Crippen LogP contribution in [-0.4, -0.2) is 17.3 Å². The van der Waals surface area contributed by atoms with Gasteiger partial charge in [0.15, 0.2) is 6.17 Å². The first-order valence-corrected chi connectivity index (χ1v) is 8.38. The third kappa shape index (κ3) is 3.48. The Kier molecular flexibility index (Phi) is 4.38. The summed E-state index contributed by atoms with van der Waals surface area (Å²) in [6, 6.07) is 17.8. The number of nitrogens with zero attached hydrogens (tertiary/aromatic N) is 2. The Hall–Kier alpha value is -3.55. The summed E-state index contributed by atoms with van der Waals surface area (Å²) in [7, 11) is 0. The minimum atomic E-state index is -4.75. The lowest BCUT2D eigenvalue weighted by Crippen LogP contribution is -2.32. The number of alkyl halides is 3. The molecule has 1 aliphatic heterocycles. The zero-order valence-corrected chi connectivity index (χ0v) is 14.4. The summed E-state index contributed by atoms with van der Waals surface area (Å²) < 4.78 is 40.9. The number of anilines is 2. The first-order chi connectivity index (χ1) is 13.4. The standard InChI is InChI=1S/C20H14F3N3O2/c21-20(22,23)28-15-10-8-13(9-11-15)25-18-17-16(7-4-12-24-17)19(27)26(18)14-5-2-1-3-6-14/h1-12,18,25H. The van der Waals surface area contributed by atoms with Crippen molar-refractivity contribution in [3.05, 3.63) is 84.2 Å². The molecule has 1 amide bonds. The first-order valence-electron chi connectivity index (χ1n) is 8.38. The summed E-state index contributed by atoms with van der Waals surface area (Å²) in [6.45, 7) is 0. The Morgan fingerprint density at radius 3 is 2.36 bits per heavy atom. The van der Waals surface area contributed by atoms with Gasteiger partial charge in [-0.05, 0) is 48.5 Å². The van der Waals surface area contributed by atoms with Crippen molar-refractivity contribution in [2.45, 2.75) is 12.5 Å². The lowest BCUT2D eigenvalue weighted by Gasteiger charge is -2.26. The molecular weight excluding hydrogens is 371 g/mol. The van der Waals surface area contributed by atoms with E-state index in [-0.39, 0.29) is 11.7 Å². The number of amides is 1. The normalized spacial score (nSPS) is 16.0. The number of halogens is 3. The van der Waals surface area contributed by atoms with Crippen molar-refractivity contribution < 1.29 is 22.7 Å². The zero-order valence-electron chi connectivity index (χ0n) is 14.4.